The van der Waals surface area contributed by atoms with Crippen molar-refractivity contribution in [3.63, 3.8) is 0 Å². The Bertz CT molecular complexity index is 414. The normalized spacial score (nSPS) is 12.2. The number of carbonyl (C=O) groups is 2. The number of rotatable bonds is 16. The summed E-state index contributed by atoms with van der Waals surface area (Å²) in [5, 5.41) is 32.7. The molecule has 25 heavy (non-hydrogen) atoms. The van der Waals surface area contributed by atoms with Gasteiger partial charge in [0, 0.05) is 32.7 Å². The quantitative estimate of drug-likeness (QED) is 0.243. The van der Waals surface area contributed by atoms with Crippen LogP contribution in [0.1, 0.15) is 12.8 Å². The molecular formula is C15H27N3O5S2. The van der Waals surface area contributed by atoms with E-state index in [1.54, 1.807) is 10.7 Å². The van der Waals surface area contributed by atoms with Gasteiger partial charge in [0.05, 0.1) is 25.8 Å². The fourth-order valence-electron chi connectivity index (χ4n) is 2.05. The van der Waals surface area contributed by atoms with Gasteiger partial charge in [-0.05, 0) is 23.6 Å². The smallest absolute Gasteiger partial charge is 0.317 e. The maximum atomic E-state index is 11.9. The van der Waals surface area contributed by atoms with Gasteiger partial charge >= 0.3 is 5.97 Å². The SMILES string of the molecule is O=C(O)CN(CCN(CCC=S)CCC=S)CC(=O)NCC(O)CO. The maximum absolute atomic E-state index is 11.9. The van der Waals surface area contributed by atoms with Crippen molar-refractivity contribution < 1.29 is 24.9 Å². The fraction of sp³-hybridized carbons (Fsp3) is 0.733. The number of thiocarbonyl (C=S) groups is 2. The van der Waals surface area contributed by atoms with E-state index in [0.717, 1.165) is 25.9 Å². The number of nitrogens with one attached hydrogen (secondary N) is 1. The molecule has 0 bridgehead atoms. The Morgan fingerprint density at radius 3 is 2.04 bits per heavy atom. The fourth-order valence-corrected chi connectivity index (χ4v) is 2.26. The summed E-state index contributed by atoms with van der Waals surface area (Å²) in [7, 11) is 0. The summed E-state index contributed by atoms with van der Waals surface area (Å²) in [5.74, 6) is -1.43. The van der Waals surface area contributed by atoms with E-state index in [0.29, 0.717) is 13.1 Å². The molecule has 0 aromatic carbocycles. The van der Waals surface area contributed by atoms with Gasteiger partial charge in [0.15, 0.2) is 0 Å². The van der Waals surface area contributed by atoms with Crippen LogP contribution in [0.2, 0.25) is 0 Å². The van der Waals surface area contributed by atoms with Gasteiger partial charge in [-0.25, -0.2) is 0 Å². The molecule has 4 N–H and O–H groups in total. The molecule has 1 atom stereocenters. The van der Waals surface area contributed by atoms with Gasteiger partial charge in [-0.2, -0.15) is 0 Å². The first-order chi connectivity index (χ1) is 11.9. The molecule has 0 aromatic heterocycles. The Labute approximate surface area is 158 Å². The standard InChI is InChI=1S/C15H27N3O5S2/c19-12-13(20)9-16-14(21)10-18(11-15(22)23)6-5-17(3-1-7-24)4-2-8-25/h7-8,13,19-20H,1-6,9-12H2,(H,16,21)(H,22,23). The molecule has 0 aliphatic carbocycles. The molecule has 0 aliphatic heterocycles. The summed E-state index contributed by atoms with van der Waals surface area (Å²) in [5.41, 5.74) is 0. The van der Waals surface area contributed by atoms with E-state index in [1.807, 2.05) is 0 Å². The molecule has 0 spiro atoms. The number of carbonyl (C=O) groups excluding carboxylic acids is 1. The lowest BCUT2D eigenvalue weighted by Crippen LogP contribution is -2.45. The Morgan fingerprint density at radius 1 is 1.00 bits per heavy atom. The topological polar surface area (TPSA) is 113 Å². The van der Waals surface area contributed by atoms with Crippen molar-refractivity contribution in [2.24, 2.45) is 0 Å². The third-order valence-corrected chi connectivity index (χ3v) is 3.80. The average Bonchev–Trinajstić information content (AvgIpc) is 2.58. The summed E-state index contributed by atoms with van der Waals surface area (Å²) >= 11 is 9.67. The van der Waals surface area contributed by atoms with Gasteiger partial charge in [-0.15, -0.1) is 0 Å². The van der Waals surface area contributed by atoms with E-state index in [9.17, 15) is 14.7 Å². The van der Waals surface area contributed by atoms with Crippen molar-refractivity contribution in [1.82, 2.24) is 15.1 Å². The second-order valence-corrected chi connectivity index (χ2v) is 6.16. The zero-order valence-corrected chi connectivity index (χ0v) is 15.8. The molecular weight excluding hydrogens is 366 g/mol. The molecule has 0 rings (SSSR count). The molecule has 1 unspecified atom stereocenters. The molecule has 8 nitrogen and oxygen atoms in total. The first-order valence-electron chi connectivity index (χ1n) is 8.02. The van der Waals surface area contributed by atoms with Crippen molar-refractivity contribution in [1.29, 1.82) is 0 Å². The molecule has 10 heteroatoms. The van der Waals surface area contributed by atoms with Gasteiger partial charge in [0.2, 0.25) is 5.91 Å². The second-order valence-electron chi connectivity index (χ2n) is 5.50. The first-order valence-corrected chi connectivity index (χ1v) is 8.96. The van der Waals surface area contributed by atoms with Crippen LogP contribution in [0.4, 0.5) is 0 Å². The first kappa shape index (κ1) is 24.0. The third-order valence-electron chi connectivity index (χ3n) is 3.33. The van der Waals surface area contributed by atoms with Gasteiger partial charge < -0.3 is 25.5 Å². The highest BCUT2D eigenvalue weighted by Crippen LogP contribution is 1.97. The van der Waals surface area contributed by atoms with Crippen LogP contribution >= 0.6 is 24.4 Å². The van der Waals surface area contributed by atoms with E-state index in [-0.39, 0.29) is 19.6 Å². The molecule has 0 radical (unpaired) electrons. The minimum atomic E-state index is -1.03. The molecule has 144 valence electrons. The summed E-state index contributed by atoms with van der Waals surface area (Å²) in [6, 6.07) is 0. The summed E-state index contributed by atoms with van der Waals surface area (Å²) in [6.07, 6.45) is 0.452. The Morgan fingerprint density at radius 2 is 1.56 bits per heavy atom. The van der Waals surface area contributed by atoms with Crippen LogP contribution in [0.15, 0.2) is 0 Å². The predicted molar refractivity (Wildman–Crippen MR) is 103 cm³/mol. The highest BCUT2D eigenvalue weighted by molar-refractivity contribution is 7.79. The highest BCUT2D eigenvalue weighted by Gasteiger charge is 2.16. The average molecular weight is 394 g/mol. The number of amides is 1. The molecule has 0 aromatic rings. The van der Waals surface area contributed by atoms with Crippen LogP contribution in [0.25, 0.3) is 0 Å². The molecule has 0 saturated heterocycles. The lowest BCUT2D eigenvalue weighted by atomic mass is 10.3. The number of carboxylic acid groups (broad SMARTS) is 1. The number of aliphatic hydroxyl groups excluding tert-OH is 2. The van der Waals surface area contributed by atoms with Crippen molar-refractivity contribution in [2.45, 2.75) is 18.9 Å². The van der Waals surface area contributed by atoms with Crippen LogP contribution in [0, 0.1) is 0 Å². The lowest BCUT2D eigenvalue weighted by molar-refractivity contribution is -0.138. The number of nitrogens with zero attached hydrogens (tertiary/aromatic N) is 2. The summed E-state index contributed by atoms with van der Waals surface area (Å²) in [6.45, 7) is 1.61. The van der Waals surface area contributed by atoms with Crippen molar-refractivity contribution >= 4 is 47.0 Å². The highest BCUT2D eigenvalue weighted by atomic mass is 32.1. The number of hydrogen-bond acceptors (Lipinski definition) is 8. The zero-order valence-electron chi connectivity index (χ0n) is 14.2. The number of aliphatic carboxylic acids is 1. The monoisotopic (exact) mass is 393 g/mol. The van der Waals surface area contributed by atoms with Crippen LogP contribution in [0.3, 0.4) is 0 Å². The van der Waals surface area contributed by atoms with Gasteiger partial charge in [0.1, 0.15) is 0 Å². The Kier molecular flexibility index (Phi) is 14.6. The molecule has 0 fully saturated rings. The van der Waals surface area contributed by atoms with Crippen LogP contribution in [-0.2, 0) is 9.59 Å². The largest absolute Gasteiger partial charge is 0.480 e. The summed E-state index contributed by atoms with van der Waals surface area (Å²) in [4.78, 5) is 26.5. The van der Waals surface area contributed by atoms with Crippen molar-refractivity contribution in [3.8, 4) is 0 Å². The minimum Gasteiger partial charge on any atom is -0.480 e. The van der Waals surface area contributed by atoms with E-state index in [2.05, 4.69) is 10.2 Å². The van der Waals surface area contributed by atoms with Crippen molar-refractivity contribution in [2.75, 3.05) is 52.4 Å². The van der Waals surface area contributed by atoms with Gasteiger partial charge in [-0.1, -0.05) is 24.4 Å². The van der Waals surface area contributed by atoms with E-state index in [4.69, 9.17) is 34.6 Å². The lowest BCUT2D eigenvalue weighted by Gasteiger charge is -2.26. The number of aliphatic hydroxyl groups is 2. The third kappa shape index (κ3) is 13.9. The van der Waals surface area contributed by atoms with Gasteiger partial charge in [-0.3, -0.25) is 14.5 Å². The Balaban J connectivity index is 4.51. The molecule has 0 aliphatic rings. The van der Waals surface area contributed by atoms with Gasteiger partial charge in [0.25, 0.3) is 0 Å². The van der Waals surface area contributed by atoms with Crippen LogP contribution < -0.4 is 5.32 Å². The Hall–Kier alpha value is -1.04. The van der Waals surface area contributed by atoms with Crippen molar-refractivity contribution in [3.05, 3.63) is 0 Å². The second kappa shape index (κ2) is 15.2. The predicted octanol–water partition coefficient (Wildman–Crippen LogP) is -1.08. The van der Waals surface area contributed by atoms with Crippen LogP contribution in [0.5, 0.6) is 0 Å². The number of carboxylic acids is 1. The maximum Gasteiger partial charge on any atom is 0.317 e. The van der Waals surface area contributed by atoms with E-state index >= 15 is 0 Å². The molecule has 0 heterocycles. The zero-order chi connectivity index (χ0) is 19.1. The van der Waals surface area contributed by atoms with E-state index in [1.165, 1.54) is 4.90 Å². The number of hydrogen-bond donors (Lipinski definition) is 4. The minimum absolute atomic E-state index is 0.0777. The molecule has 1 amide bonds. The van der Waals surface area contributed by atoms with Crippen LogP contribution in [-0.4, -0.2) is 106 Å². The van der Waals surface area contributed by atoms with E-state index < -0.39 is 24.6 Å². The molecule has 0 saturated carbocycles. The summed E-state index contributed by atoms with van der Waals surface area (Å²) < 4.78 is 0.